The molecule has 2 aliphatic rings. The Balaban J connectivity index is 1.46. The van der Waals surface area contributed by atoms with Crippen molar-refractivity contribution in [2.24, 2.45) is 0 Å². The summed E-state index contributed by atoms with van der Waals surface area (Å²) in [6.45, 7) is -0.149. The van der Waals surface area contributed by atoms with Gasteiger partial charge in [0, 0.05) is 31.8 Å². The highest BCUT2D eigenvalue weighted by Crippen LogP contribution is 2.33. The molecule has 1 aliphatic heterocycles. The highest BCUT2D eigenvalue weighted by atomic mass is 32.3. The number of amides is 1. The SMILES string of the molecule is O=C(CCc1nnc(C2CCCC2)o1)N1CC(S(=O)(=O)F)C1. The second-order valence-corrected chi connectivity index (χ2v) is 7.53. The van der Waals surface area contributed by atoms with Gasteiger partial charge >= 0.3 is 10.2 Å². The summed E-state index contributed by atoms with van der Waals surface area (Å²) in [6, 6.07) is 0. The van der Waals surface area contributed by atoms with E-state index in [-0.39, 0.29) is 25.4 Å². The number of hydrogen-bond donors (Lipinski definition) is 0. The molecule has 3 rings (SSSR count). The van der Waals surface area contributed by atoms with E-state index in [2.05, 4.69) is 10.2 Å². The van der Waals surface area contributed by atoms with Gasteiger partial charge in [0.05, 0.1) is 0 Å². The zero-order valence-corrected chi connectivity index (χ0v) is 12.9. The van der Waals surface area contributed by atoms with E-state index in [0.717, 1.165) is 12.8 Å². The topological polar surface area (TPSA) is 93.4 Å². The standard InChI is InChI=1S/C13H18FN3O4S/c14-22(19,20)10-7-17(8-10)12(18)6-5-11-15-16-13(21-11)9-3-1-2-4-9/h9-10H,1-8H2. The first-order valence-electron chi connectivity index (χ1n) is 7.47. The fraction of sp³-hybridized carbons (Fsp3) is 0.769. The molecule has 0 radical (unpaired) electrons. The zero-order chi connectivity index (χ0) is 15.7. The molecule has 2 heterocycles. The van der Waals surface area contributed by atoms with Crippen molar-refractivity contribution in [1.82, 2.24) is 15.1 Å². The molecule has 9 heteroatoms. The number of aromatic nitrogens is 2. The molecule has 0 aromatic carbocycles. The van der Waals surface area contributed by atoms with Crippen LogP contribution in [-0.2, 0) is 21.4 Å². The van der Waals surface area contributed by atoms with Crippen LogP contribution < -0.4 is 0 Å². The van der Waals surface area contributed by atoms with E-state index >= 15 is 0 Å². The molecule has 0 N–H and O–H groups in total. The first kappa shape index (κ1) is 15.4. The Kier molecular flexibility index (Phi) is 4.16. The number of hydrogen-bond acceptors (Lipinski definition) is 6. The van der Waals surface area contributed by atoms with E-state index in [1.165, 1.54) is 17.7 Å². The van der Waals surface area contributed by atoms with Gasteiger partial charge in [0.25, 0.3) is 0 Å². The van der Waals surface area contributed by atoms with Gasteiger partial charge in [-0.1, -0.05) is 12.8 Å². The maximum Gasteiger partial charge on any atom is 0.308 e. The Bertz CT molecular complexity index is 648. The molecule has 122 valence electrons. The van der Waals surface area contributed by atoms with Crippen LogP contribution in [0.1, 0.15) is 49.8 Å². The van der Waals surface area contributed by atoms with Crippen LogP contribution in [0.3, 0.4) is 0 Å². The molecule has 1 aromatic rings. The third-order valence-corrected chi connectivity index (χ3v) is 5.43. The lowest BCUT2D eigenvalue weighted by molar-refractivity contribution is -0.134. The highest BCUT2D eigenvalue weighted by Gasteiger charge is 2.39. The molecule has 0 bridgehead atoms. The van der Waals surface area contributed by atoms with Crippen molar-refractivity contribution in [2.45, 2.75) is 49.7 Å². The number of aryl methyl sites for hydroxylation is 1. The van der Waals surface area contributed by atoms with Gasteiger partial charge in [0.2, 0.25) is 17.7 Å². The zero-order valence-electron chi connectivity index (χ0n) is 12.1. The Morgan fingerprint density at radius 3 is 2.59 bits per heavy atom. The van der Waals surface area contributed by atoms with Crippen LogP contribution in [0.4, 0.5) is 3.89 Å². The number of likely N-dealkylation sites (tertiary alicyclic amines) is 1. The fourth-order valence-corrected chi connectivity index (χ4v) is 3.61. The van der Waals surface area contributed by atoms with Crippen molar-refractivity contribution in [3.05, 3.63) is 11.8 Å². The van der Waals surface area contributed by atoms with E-state index in [9.17, 15) is 17.1 Å². The molecule has 0 spiro atoms. The monoisotopic (exact) mass is 331 g/mol. The second kappa shape index (κ2) is 5.94. The van der Waals surface area contributed by atoms with E-state index in [0.29, 0.717) is 24.1 Å². The van der Waals surface area contributed by atoms with Gasteiger partial charge in [-0.15, -0.1) is 14.1 Å². The summed E-state index contributed by atoms with van der Waals surface area (Å²) >= 11 is 0. The van der Waals surface area contributed by atoms with Crippen LogP contribution in [0, 0.1) is 0 Å². The first-order chi connectivity index (χ1) is 10.4. The van der Waals surface area contributed by atoms with Crippen LogP contribution in [0.5, 0.6) is 0 Å². The number of halogens is 1. The van der Waals surface area contributed by atoms with Gasteiger partial charge in [-0.3, -0.25) is 4.79 Å². The minimum atomic E-state index is -4.54. The van der Waals surface area contributed by atoms with Gasteiger partial charge in [0.1, 0.15) is 5.25 Å². The van der Waals surface area contributed by atoms with Crippen molar-refractivity contribution in [2.75, 3.05) is 13.1 Å². The summed E-state index contributed by atoms with van der Waals surface area (Å²) in [5.41, 5.74) is 0. The van der Waals surface area contributed by atoms with Gasteiger partial charge in [-0.25, -0.2) is 0 Å². The lowest BCUT2D eigenvalue weighted by Crippen LogP contribution is -2.56. The highest BCUT2D eigenvalue weighted by molar-refractivity contribution is 7.87. The number of nitrogens with zero attached hydrogens (tertiary/aromatic N) is 3. The van der Waals surface area contributed by atoms with Crippen LogP contribution in [0.2, 0.25) is 0 Å². The normalized spacial score (nSPS) is 20.3. The molecule has 1 saturated heterocycles. The lowest BCUT2D eigenvalue weighted by atomic mass is 10.1. The third kappa shape index (κ3) is 3.29. The average molecular weight is 331 g/mol. The Hall–Kier alpha value is -1.51. The molecule has 1 aliphatic carbocycles. The van der Waals surface area contributed by atoms with E-state index < -0.39 is 15.5 Å². The smallest absolute Gasteiger partial charge is 0.308 e. The van der Waals surface area contributed by atoms with Crippen molar-refractivity contribution in [3.63, 3.8) is 0 Å². The molecule has 2 fully saturated rings. The van der Waals surface area contributed by atoms with Crippen molar-refractivity contribution in [1.29, 1.82) is 0 Å². The van der Waals surface area contributed by atoms with Crippen LogP contribution in [-0.4, -0.2) is 47.8 Å². The summed E-state index contributed by atoms with van der Waals surface area (Å²) in [7, 11) is -4.54. The number of carbonyl (C=O) groups is 1. The Morgan fingerprint density at radius 1 is 1.27 bits per heavy atom. The molecular weight excluding hydrogens is 313 g/mol. The minimum absolute atomic E-state index is 0.0746. The Labute approximate surface area is 128 Å². The maximum absolute atomic E-state index is 12.7. The van der Waals surface area contributed by atoms with E-state index in [1.807, 2.05) is 0 Å². The molecule has 1 amide bonds. The summed E-state index contributed by atoms with van der Waals surface area (Å²) in [5.74, 6) is 1.18. The second-order valence-electron chi connectivity index (χ2n) is 5.91. The summed E-state index contributed by atoms with van der Waals surface area (Å²) in [4.78, 5) is 13.2. The van der Waals surface area contributed by atoms with Gasteiger partial charge in [-0.05, 0) is 12.8 Å². The van der Waals surface area contributed by atoms with Gasteiger partial charge in [0.15, 0.2) is 0 Å². The molecule has 1 aromatic heterocycles. The van der Waals surface area contributed by atoms with Crippen molar-refractivity contribution >= 4 is 16.1 Å². The van der Waals surface area contributed by atoms with Crippen molar-refractivity contribution < 1.29 is 21.5 Å². The van der Waals surface area contributed by atoms with Crippen LogP contribution in [0.15, 0.2) is 4.42 Å². The maximum atomic E-state index is 12.7. The quantitative estimate of drug-likeness (QED) is 0.752. The molecule has 22 heavy (non-hydrogen) atoms. The third-order valence-electron chi connectivity index (χ3n) is 4.34. The summed E-state index contributed by atoms with van der Waals surface area (Å²) in [6.07, 6.45) is 4.96. The van der Waals surface area contributed by atoms with Gasteiger partial charge < -0.3 is 9.32 Å². The Morgan fingerprint density at radius 2 is 1.95 bits per heavy atom. The first-order valence-corrected chi connectivity index (χ1v) is 8.91. The molecule has 0 unspecified atom stereocenters. The predicted octanol–water partition coefficient (Wildman–Crippen LogP) is 1.17. The minimum Gasteiger partial charge on any atom is -0.425 e. The molecular formula is C13H18FN3O4S. The largest absolute Gasteiger partial charge is 0.425 e. The molecule has 1 saturated carbocycles. The number of carbonyl (C=O) groups excluding carboxylic acids is 1. The predicted molar refractivity (Wildman–Crippen MR) is 74.2 cm³/mol. The summed E-state index contributed by atoms with van der Waals surface area (Å²) < 4.78 is 39.6. The van der Waals surface area contributed by atoms with Crippen LogP contribution >= 0.6 is 0 Å². The van der Waals surface area contributed by atoms with Crippen LogP contribution in [0.25, 0.3) is 0 Å². The lowest BCUT2D eigenvalue weighted by Gasteiger charge is -2.36. The van der Waals surface area contributed by atoms with Crippen molar-refractivity contribution in [3.8, 4) is 0 Å². The van der Waals surface area contributed by atoms with Gasteiger partial charge in [-0.2, -0.15) is 8.42 Å². The van der Waals surface area contributed by atoms with E-state index in [4.69, 9.17) is 4.42 Å². The fourth-order valence-electron chi connectivity index (χ4n) is 2.90. The average Bonchev–Trinajstić information content (AvgIpc) is 3.03. The molecule has 0 atom stereocenters. The summed E-state index contributed by atoms with van der Waals surface area (Å²) in [5, 5.41) is 6.90. The molecule has 7 nitrogen and oxygen atoms in total. The number of rotatable bonds is 5. The van der Waals surface area contributed by atoms with E-state index in [1.54, 1.807) is 0 Å².